The molecular formula is C15H19BrN2O2. The molecule has 0 spiro atoms. The first-order valence-electron chi connectivity index (χ1n) is 7.12. The predicted octanol–water partition coefficient (Wildman–Crippen LogP) is 2.17. The number of ketones is 1. The van der Waals surface area contributed by atoms with Gasteiger partial charge in [-0.3, -0.25) is 9.69 Å². The number of rotatable bonds is 3. The average Bonchev–Trinajstić information content (AvgIpc) is 2.47. The summed E-state index contributed by atoms with van der Waals surface area (Å²) in [6.45, 7) is 6.52. The van der Waals surface area contributed by atoms with Crippen LogP contribution in [0.5, 0.6) is 0 Å². The fourth-order valence-electron chi connectivity index (χ4n) is 2.81. The highest BCUT2D eigenvalue weighted by molar-refractivity contribution is 9.10. The molecule has 1 saturated heterocycles. The van der Waals surface area contributed by atoms with Crippen LogP contribution >= 0.6 is 15.9 Å². The van der Waals surface area contributed by atoms with Crippen LogP contribution in [0.15, 0.2) is 22.7 Å². The van der Waals surface area contributed by atoms with Gasteiger partial charge in [0.05, 0.1) is 13.2 Å². The zero-order chi connectivity index (χ0) is 13.9. The Morgan fingerprint density at radius 3 is 2.75 bits per heavy atom. The minimum atomic E-state index is 0.259. The second kappa shape index (κ2) is 6.24. The Morgan fingerprint density at radius 2 is 1.95 bits per heavy atom. The van der Waals surface area contributed by atoms with Gasteiger partial charge in [0.1, 0.15) is 0 Å². The maximum absolute atomic E-state index is 12.0. The Balaban J connectivity index is 1.70. The van der Waals surface area contributed by atoms with E-state index in [1.54, 1.807) is 0 Å². The molecule has 0 N–H and O–H groups in total. The number of benzene rings is 1. The summed E-state index contributed by atoms with van der Waals surface area (Å²) in [6.07, 6.45) is 0.623. The summed E-state index contributed by atoms with van der Waals surface area (Å²) in [6, 6.07) is 5.94. The predicted molar refractivity (Wildman–Crippen MR) is 82.6 cm³/mol. The number of morpholine rings is 1. The van der Waals surface area contributed by atoms with Crippen molar-refractivity contribution in [3.8, 4) is 0 Å². The zero-order valence-corrected chi connectivity index (χ0v) is 13.1. The second-order valence-corrected chi connectivity index (χ2v) is 6.19. The summed E-state index contributed by atoms with van der Waals surface area (Å²) in [7, 11) is 0. The molecule has 0 aromatic heterocycles. The molecular weight excluding hydrogens is 320 g/mol. The third kappa shape index (κ3) is 3.05. The second-order valence-electron chi connectivity index (χ2n) is 5.28. The summed E-state index contributed by atoms with van der Waals surface area (Å²) < 4.78 is 6.40. The van der Waals surface area contributed by atoms with Gasteiger partial charge in [-0.2, -0.15) is 0 Å². The highest BCUT2D eigenvalue weighted by atomic mass is 79.9. The summed E-state index contributed by atoms with van der Waals surface area (Å²) in [5.74, 6) is 0.259. The fraction of sp³-hybridized carbons (Fsp3) is 0.533. The lowest BCUT2D eigenvalue weighted by Crippen LogP contribution is -2.43. The van der Waals surface area contributed by atoms with Gasteiger partial charge in [0.25, 0.3) is 0 Å². The molecule has 1 aromatic carbocycles. The van der Waals surface area contributed by atoms with E-state index in [4.69, 9.17) is 4.74 Å². The molecule has 0 atom stereocenters. The normalized spacial score (nSPS) is 20.1. The first-order chi connectivity index (χ1) is 9.74. The van der Waals surface area contributed by atoms with Gasteiger partial charge in [0, 0.05) is 54.9 Å². The van der Waals surface area contributed by atoms with Gasteiger partial charge in [0.2, 0.25) is 0 Å². The highest BCUT2D eigenvalue weighted by Gasteiger charge is 2.23. The van der Waals surface area contributed by atoms with Gasteiger partial charge in [-0.25, -0.2) is 0 Å². The first kappa shape index (κ1) is 14.0. The molecule has 20 heavy (non-hydrogen) atoms. The van der Waals surface area contributed by atoms with Crippen LogP contribution in [-0.2, 0) is 4.74 Å². The lowest BCUT2D eigenvalue weighted by molar-refractivity contribution is 0.0391. The number of hydrogen-bond donors (Lipinski definition) is 0. The topological polar surface area (TPSA) is 32.8 Å². The molecule has 0 saturated carbocycles. The minimum absolute atomic E-state index is 0.259. The van der Waals surface area contributed by atoms with Crippen LogP contribution in [0.2, 0.25) is 0 Å². The van der Waals surface area contributed by atoms with E-state index in [0.717, 1.165) is 61.7 Å². The van der Waals surface area contributed by atoms with Crippen LogP contribution in [0.1, 0.15) is 16.8 Å². The molecule has 0 radical (unpaired) electrons. The van der Waals surface area contributed by atoms with Gasteiger partial charge in [-0.1, -0.05) is 15.9 Å². The monoisotopic (exact) mass is 338 g/mol. The van der Waals surface area contributed by atoms with Gasteiger partial charge < -0.3 is 9.64 Å². The lowest BCUT2D eigenvalue weighted by Gasteiger charge is -2.34. The minimum Gasteiger partial charge on any atom is -0.379 e. The van der Waals surface area contributed by atoms with E-state index in [2.05, 4.69) is 31.8 Å². The van der Waals surface area contributed by atoms with Crippen molar-refractivity contribution in [2.24, 2.45) is 0 Å². The summed E-state index contributed by atoms with van der Waals surface area (Å²) in [5.41, 5.74) is 1.94. The average molecular weight is 339 g/mol. The molecule has 1 fully saturated rings. The molecule has 0 bridgehead atoms. The maximum Gasteiger partial charge on any atom is 0.166 e. The number of carbonyl (C=O) groups is 1. The van der Waals surface area contributed by atoms with Crippen molar-refractivity contribution >= 4 is 27.4 Å². The van der Waals surface area contributed by atoms with E-state index in [1.165, 1.54) is 0 Å². The molecule has 108 valence electrons. The number of ether oxygens (including phenoxy) is 1. The number of fused-ring (bicyclic) bond motifs is 1. The van der Waals surface area contributed by atoms with Crippen LogP contribution in [0.3, 0.4) is 0 Å². The largest absolute Gasteiger partial charge is 0.379 e. The van der Waals surface area contributed by atoms with Crippen molar-refractivity contribution in [1.82, 2.24) is 4.90 Å². The summed E-state index contributed by atoms with van der Waals surface area (Å²) in [5, 5.41) is 0. The van der Waals surface area contributed by atoms with Gasteiger partial charge in [0.15, 0.2) is 5.78 Å². The number of hydrogen-bond acceptors (Lipinski definition) is 4. The first-order valence-corrected chi connectivity index (χ1v) is 7.91. The summed E-state index contributed by atoms with van der Waals surface area (Å²) in [4.78, 5) is 16.7. The van der Waals surface area contributed by atoms with Crippen molar-refractivity contribution in [1.29, 1.82) is 0 Å². The molecule has 0 unspecified atom stereocenters. The number of nitrogens with zero attached hydrogens (tertiary/aromatic N) is 2. The van der Waals surface area contributed by atoms with Crippen LogP contribution in [-0.4, -0.2) is 56.6 Å². The Hall–Kier alpha value is -0.910. The van der Waals surface area contributed by atoms with Crippen LogP contribution in [0, 0.1) is 0 Å². The highest BCUT2D eigenvalue weighted by Crippen LogP contribution is 2.29. The fourth-order valence-corrected chi connectivity index (χ4v) is 3.16. The van der Waals surface area contributed by atoms with E-state index in [9.17, 15) is 4.79 Å². The molecule has 5 heteroatoms. The molecule has 2 aliphatic heterocycles. The number of halogens is 1. The van der Waals surface area contributed by atoms with Crippen molar-refractivity contribution < 1.29 is 9.53 Å². The van der Waals surface area contributed by atoms with E-state index < -0.39 is 0 Å². The third-order valence-electron chi connectivity index (χ3n) is 4.00. The van der Waals surface area contributed by atoms with Crippen molar-refractivity contribution in [2.75, 3.05) is 50.8 Å². The van der Waals surface area contributed by atoms with Crippen molar-refractivity contribution in [2.45, 2.75) is 6.42 Å². The zero-order valence-electron chi connectivity index (χ0n) is 11.5. The Morgan fingerprint density at radius 1 is 1.15 bits per heavy atom. The van der Waals surface area contributed by atoms with E-state index in [1.807, 2.05) is 12.1 Å². The van der Waals surface area contributed by atoms with Gasteiger partial charge >= 0.3 is 0 Å². The molecule has 2 heterocycles. The third-order valence-corrected chi connectivity index (χ3v) is 4.49. The van der Waals surface area contributed by atoms with Crippen LogP contribution in [0.25, 0.3) is 0 Å². The molecule has 1 aromatic rings. The van der Waals surface area contributed by atoms with Crippen LogP contribution in [0.4, 0.5) is 5.69 Å². The van der Waals surface area contributed by atoms with Gasteiger partial charge in [-0.15, -0.1) is 0 Å². The smallest absolute Gasteiger partial charge is 0.166 e. The Bertz CT molecular complexity index is 501. The lowest BCUT2D eigenvalue weighted by atomic mass is 10.0. The maximum atomic E-state index is 12.0. The van der Waals surface area contributed by atoms with E-state index in [-0.39, 0.29) is 5.78 Å². The molecule has 0 amide bonds. The number of Topliss-reactive ketones (excluding diaryl/α,β-unsaturated/α-hetero) is 1. The van der Waals surface area contributed by atoms with Gasteiger partial charge in [-0.05, 0) is 18.2 Å². The molecule has 4 nitrogen and oxygen atoms in total. The van der Waals surface area contributed by atoms with E-state index in [0.29, 0.717) is 6.42 Å². The van der Waals surface area contributed by atoms with Crippen molar-refractivity contribution in [3.63, 3.8) is 0 Å². The Labute approximate surface area is 127 Å². The number of anilines is 1. The van der Waals surface area contributed by atoms with Crippen molar-refractivity contribution in [3.05, 3.63) is 28.2 Å². The molecule has 2 aliphatic rings. The van der Waals surface area contributed by atoms with E-state index >= 15 is 0 Å². The Kier molecular flexibility index (Phi) is 4.38. The quantitative estimate of drug-likeness (QED) is 0.845. The molecule has 0 aliphatic carbocycles. The molecule has 3 rings (SSSR count). The summed E-state index contributed by atoms with van der Waals surface area (Å²) >= 11 is 3.50. The SMILES string of the molecule is O=C1CCN(CCN2CCOCC2)c2cc(Br)ccc21. The van der Waals surface area contributed by atoms with Crippen LogP contribution < -0.4 is 4.90 Å². The standard InChI is InChI=1S/C15H19BrN2O2/c16-12-1-2-13-14(11-12)18(4-3-15(13)19)6-5-17-7-9-20-10-8-17/h1-2,11H,3-10H2. The number of carbonyl (C=O) groups excluding carboxylic acids is 1.